The van der Waals surface area contributed by atoms with Crippen LogP contribution in [-0.2, 0) is 13.9 Å². The highest BCUT2D eigenvalue weighted by Crippen LogP contribution is 2.19. The maximum absolute atomic E-state index is 5.24. The smallest absolute Gasteiger partial charge is 0.272 e. The van der Waals surface area contributed by atoms with Gasteiger partial charge >= 0.3 is 0 Å². The van der Waals surface area contributed by atoms with Crippen molar-refractivity contribution in [3.8, 4) is 0 Å². The highest BCUT2D eigenvalue weighted by atomic mass is 28.2. The second kappa shape index (κ2) is 6.36. The van der Waals surface area contributed by atoms with Gasteiger partial charge in [-0.2, -0.15) is 0 Å². The zero-order valence-electron chi connectivity index (χ0n) is 8.13. The molecule has 3 nitrogen and oxygen atoms in total. The maximum Gasteiger partial charge on any atom is 0.272 e. The quantitative estimate of drug-likeness (QED) is 0.254. The number of hydrogen-bond acceptors (Lipinski definition) is 3. The predicted octanol–water partition coefficient (Wildman–Crippen LogP) is 0.586. The Balaban J connectivity index is 3.84. The van der Waals surface area contributed by atoms with Crippen LogP contribution in [0.15, 0.2) is 12.7 Å². The zero-order valence-corrected chi connectivity index (χ0v) is 10.1. The molecule has 0 aliphatic carbocycles. The van der Waals surface area contributed by atoms with E-state index >= 15 is 0 Å². The predicted molar refractivity (Wildman–Crippen MR) is 51.8 cm³/mol. The van der Waals surface area contributed by atoms with Crippen molar-refractivity contribution < 1.29 is 13.9 Å². The van der Waals surface area contributed by atoms with Crippen LogP contribution in [0.25, 0.3) is 0 Å². The summed E-state index contributed by atoms with van der Waals surface area (Å²) in [7, 11) is 3.79. The fourth-order valence-electron chi connectivity index (χ4n) is 1.02. The van der Waals surface area contributed by atoms with Crippen molar-refractivity contribution in [1.29, 1.82) is 0 Å². The Labute approximate surface area is 77.2 Å². The Kier molecular flexibility index (Phi) is 6.28. The molecule has 0 amide bonds. The van der Waals surface area contributed by atoms with Crippen LogP contribution in [0.1, 0.15) is 19.3 Å². The summed E-state index contributed by atoms with van der Waals surface area (Å²) in [4.78, 5) is 0. The van der Waals surface area contributed by atoms with Gasteiger partial charge in [0.1, 0.15) is 0 Å². The average molecular weight is 190 g/mol. The van der Waals surface area contributed by atoms with Crippen LogP contribution in [0.3, 0.4) is 0 Å². The van der Waals surface area contributed by atoms with Gasteiger partial charge in [-0.3, -0.25) is 0 Å². The lowest BCUT2D eigenvalue weighted by atomic mass is 10.2. The van der Waals surface area contributed by atoms with E-state index in [2.05, 4.69) is 6.58 Å². The summed E-state index contributed by atoms with van der Waals surface area (Å²) in [5, 5.41) is 0. The molecule has 0 saturated carbocycles. The van der Waals surface area contributed by atoms with Crippen molar-refractivity contribution in [2.24, 2.45) is 0 Å². The Morgan fingerprint density at radius 1 is 1.42 bits per heavy atom. The van der Waals surface area contributed by atoms with E-state index in [4.69, 9.17) is 13.9 Å². The molecule has 0 unspecified atom stereocenters. The lowest BCUT2D eigenvalue weighted by molar-refractivity contribution is -0.325. The van der Waals surface area contributed by atoms with Gasteiger partial charge in [-0.1, -0.05) is 6.08 Å². The Morgan fingerprint density at radius 2 is 2.00 bits per heavy atom. The number of hydrogen-bond donors (Lipinski definition) is 0. The molecule has 0 atom stereocenters. The monoisotopic (exact) mass is 190 g/mol. The highest BCUT2D eigenvalue weighted by molar-refractivity contribution is 5.98. The zero-order chi connectivity index (χ0) is 9.45. The van der Waals surface area contributed by atoms with Gasteiger partial charge in [0.25, 0.3) is 5.97 Å². The van der Waals surface area contributed by atoms with Crippen LogP contribution in [0.5, 0.6) is 0 Å². The van der Waals surface area contributed by atoms with Crippen LogP contribution in [0.2, 0.25) is 0 Å². The van der Waals surface area contributed by atoms with Gasteiger partial charge in [-0.15, -0.1) is 6.58 Å². The van der Waals surface area contributed by atoms with Crippen LogP contribution in [0, 0.1) is 0 Å². The van der Waals surface area contributed by atoms with Gasteiger partial charge in [0, 0.05) is 20.6 Å². The first kappa shape index (κ1) is 11.8. The second-order valence-corrected chi connectivity index (χ2v) is 2.88. The normalized spacial score (nSPS) is 11.8. The molecule has 0 aromatic rings. The molecular weight excluding hydrogens is 172 g/mol. The van der Waals surface area contributed by atoms with E-state index in [1.54, 1.807) is 14.2 Å². The lowest BCUT2D eigenvalue weighted by Crippen LogP contribution is -2.36. The van der Waals surface area contributed by atoms with Crippen molar-refractivity contribution in [2.75, 3.05) is 14.2 Å². The van der Waals surface area contributed by atoms with Gasteiger partial charge in [0.15, 0.2) is 10.5 Å². The first-order chi connectivity index (χ1) is 5.74. The third-order valence-corrected chi connectivity index (χ3v) is 2.45. The van der Waals surface area contributed by atoms with E-state index < -0.39 is 5.97 Å². The molecule has 0 N–H and O–H groups in total. The van der Waals surface area contributed by atoms with Crippen LogP contribution in [-0.4, -0.2) is 30.7 Å². The summed E-state index contributed by atoms with van der Waals surface area (Å²) in [6, 6.07) is 0. The van der Waals surface area contributed by atoms with Gasteiger partial charge in [0.05, 0.1) is 0 Å². The third-order valence-electron chi connectivity index (χ3n) is 1.82. The number of rotatable bonds is 7. The Morgan fingerprint density at radius 3 is 2.33 bits per heavy atom. The standard InChI is InChI=1S/C8H18O3Si/c1-4-5-6-7-8(9-2,10-3)11-12/h4H,1,5-7H2,2-3,12H3. The summed E-state index contributed by atoms with van der Waals surface area (Å²) in [6.45, 7) is 3.64. The SMILES string of the molecule is C=CCCCC(OC)(OC)O[SiH3]. The van der Waals surface area contributed by atoms with E-state index in [0.717, 1.165) is 19.3 Å². The first-order valence-electron chi connectivity index (χ1n) is 4.01. The molecule has 0 rings (SSSR count). The van der Waals surface area contributed by atoms with Crippen molar-refractivity contribution in [3.63, 3.8) is 0 Å². The largest absolute Gasteiger partial charge is 0.380 e. The van der Waals surface area contributed by atoms with Crippen molar-refractivity contribution in [3.05, 3.63) is 12.7 Å². The van der Waals surface area contributed by atoms with Crippen molar-refractivity contribution >= 4 is 10.5 Å². The lowest BCUT2D eigenvalue weighted by Gasteiger charge is -2.29. The molecule has 0 aromatic carbocycles. The number of allylic oxidation sites excluding steroid dienone is 1. The van der Waals surface area contributed by atoms with Crippen molar-refractivity contribution in [2.45, 2.75) is 25.2 Å². The van der Waals surface area contributed by atoms with E-state index in [9.17, 15) is 0 Å². The van der Waals surface area contributed by atoms with Gasteiger partial charge in [-0.25, -0.2) is 0 Å². The maximum atomic E-state index is 5.24. The van der Waals surface area contributed by atoms with E-state index in [0.29, 0.717) is 10.5 Å². The molecule has 0 radical (unpaired) electrons. The van der Waals surface area contributed by atoms with E-state index in [-0.39, 0.29) is 0 Å². The summed E-state index contributed by atoms with van der Waals surface area (Å²) < 4.78 is 15.5. The summed E-state index contributed by atoms with van der Waals surface area (Å²) >= 11 is 0. The van der Waals surface area contributed by atoms with Gasteiger partial charge in [-0.05, 0) is 12.8 Å². The molecule has 0 aliphatic heterocycles. The molecule has 72 valence electrons. The Bertz CT molecular complexity index is 115. The molecule has 0 heterocycles. The Hall–Kier alpha value is -0.163. The van der Waals surface area contributed by atoms with Gasteiger partial charge < -0.3 is 13.9 Å². The molecule has 0 aliphatic rings. The summed E-state index contributed by atoms with van der Waals surface area (Å²) in [5.74, 6) is -0.810. The first-order valence-corrected chi connectivity index (χ1v) is 4.82. The molecular formula is C8H18O3Si. The summed E-state index contributed by atoms with van der Waals surface area (Å²) in [6.07, 6.45) is 4.55. The highest BCUT2D eigenvalue weighted by Gasteiger charge is 2.27. The average Bonchev–Trinajstić information content (AvgIpc) is 2.14. The van der Waals surface area contributed by atoms with Crippen molar-refractivity contribution in [1.82, 2.24) is 0 Å². The number of methoxy groups -OCH3 is 2. The van der Waals surface area contributed by atoms with E-state index in [1.807, 2.05) is 6.08 Å². The summed E-state index contributed by atoms with van der Waals surface area (Å²) in [5.41, 5.74) is 0. The van der Waals surface area contributed by atoms with Crippen LogP contribution in [0.4, 0.5) is 0 Å². The molecule has 0 spiro atoms. The minimum Gasteiger partial charge on any atom is -0.380 e. The third kappa shape index (κ3) is 3.49. The molecule has 0 saturated heterocycles. The molecule has 12 heavy (non-hydrogen) atoms. The molecule has 0 fully saturated rings. The number of ether oxygens (including phenoxy) is 2. The minimum atomic E-state index is -0.810. The molecule has 0 bridgehead atoms. The fourth-order valence-corrected chi connectivity index (χ4v) is 1.56. The fraction of sp³-hybridized carbons (Fsp3) is 0.750. The van der Waals surface area contributed by atoms with Crippen LogP contribution >= 0.6 is 0 Å². The molecule has 4 heteroatoms. The topological polar surface area (TPSA) is 27.7 Å². The second-order valence-electron chi connectivity index (χ2n) is 2.48. The van der Waals surface area contributed by atoms with E-state index in [1.165, 1.54) is 0 Å². The van der Waals surface area contributed by atoms with Crippen LogP contribution < -0.4 is 0 Å². The minimum absolute atomic E-state index is 0.608. The number of unbranched alkanes of at least 4 members (excludes halogenated alkanes) is 1. The van der Waals surface area contributed by atoms with Gasteiger partial charge in [0.2, 0.25) is 0 Å². The molecule has 0 aromatic heterocycles.